The van der Waals surface area contributed by atoms with E-state index in [1.165, 1.54) is 64.2 Å². The van der Waals surface area contributed by atoms with Crippen LogP contribution in [-0.2, 0) is 23.8 Å². The van der Waals surface area contributed by atoms with Gasteiger partial charge in [0.1, 0.15) is 6.61 Å². The summed E-state index contributed by atoms with van der Waals surface area (Å²) in [5, 5.41) is 0. The molecule has 5 heteroatoms. The molecule has 0 heterocycles. The fraction of sp³-hybridized carbons (Fsp3) is 0.686. The molecule has 0 aromatic carbocycles. The van der Waals surface area contributed by atoms with Crippen LogP contribution in [0, 0.1) is 0 Å². The molecule has 0 fully saturated rings. The molecule has 0 saturated carbocycles. The first-order valence-electron chi connectivity index (χ1n) is 23.1. The fourth-order valence-electron chi connectivity index (χ4n) is 6.06. The third kappa shape index (κ3) is 43.8. The molecule has 5 nitrogen and oxygen atoms in total. The number of hydrogen-bond donors (Lipinski definition) is 0. The van der Waals surface area contributed by atoms with E-state index >= 15 is 0 Å². The van der Waals surface area contributed by atoms with Crippen LogP contribution in [-0.4, -0.2) is 37.9 Å². The molecule has 0 amide bonds. The predicted molar refractivity (Wildman–Crippen MR) is 242 cm³/mol. The van der Waals surface area contributed by atoms with Crippen molar-refractivity contribution in [2.24, 2.45) is 0 Å². The molecule has 1 unspecified atom stereocenters. The molecule has 0 radical (unpaired) electrons. The van der Waals surface area contributed by atoms with Crippen molar-refractivity contribution in [3.8, 4) is 0 Å². The van der Waals surface area contributed by atoms with Gasteiger partial charge in [-0.15, -0.1) is 0 Å². The van der Waals surface area contributed by atoms with Crippen LogP contribution in [0.25, 0.3) is 0 Å². The first kappa shape index (κ1) is 53.1. The zero-order valence-corrected chi connectivity index (χ0v) is 36.6. The van der Waals surface area contributed by atoms with Crippen LogP contribution < -0.4 is 0 Å². The second-order valence-corrected chi connectivity index (χ2v) is 14.9. The van der Waals surface area contributed by atoms with Gasteiger partial charge >= 0.3 is 11.9 Å². The molecular weight excluding hydrogens is 693 g/mol. The van der Waals surface area contributed by atoms with E-state index in [9.17, 15) is 9.59 Å². The molecule has 56 heavy (non-hydrogen) atoms. The van der Waals surface area contributed by atoms with E-state index in [0.29, 0.717) is 19.4 Å². The summed E-state index contributed by atoms with van der Waals surface area (Å²) in [6.45, 7) is 7.43. The van der Waals surface area contributed by atoms with Gasteiger partial charge in [0.15, 0.2) is 6.10 Å². The molecule has 0 aliphatic heterocycles. The highest BCUT2D eigenvalue weighted by Gasteiger charge is 2.17. The Kier molecular flexibility index (Phi) is 44.0. The summed E-state index contributed by atoms with van der Waals surface area (Å²) in [6, 6.07) is 0. The van der Waals surface area contributed by atoms with Gasteiger partial charge in [-0.05, 0) is 83.5 Å². The van der Waals surface area contributed by atoms with Crippen LogP contribution in [0.15, 0.2) is 85.1 Å². The summed E-state index contributed by atoms with van der Waals surface area (Å²) < 4.78 is 17.2. The van der Waals surface area contributed by atoms with Crippen molar-refractivity contribution in [2.45, 2.75) is 207 Å². The maximum absolute atomic E-state index is 12.7. The number of carbonyl (C=O) groups excluding carboxylic acids is 2. The van der Waals surface area contributed by atoms with E-state index in [-0.39, 0.29) is 25.2 Å². The maximum Gasteiger partial charge on any atom is 0.306 e. The molecule has 0 rings (SSSR count). The first-order valence-corrected chi connectivity index (χ1v) is 23.1. The standard InChI is InChI=1S/C51H86O5/c1-4-7-10-13-16-19-22-24-26-27-30-32-35-38-41-44-50(52)55-48-49(56-51(53)45-42-39-36-33-29-21-18-15-12-9-6-3)47-54-46-43-40-37-34-31-28-25-23-20-17-14-11-8-5-2/h7-8,10-11,16-17,19-20,24-26,28,34,37,49H,4-6,9,12-15,18,21-23,27,29-33,35-36,38-48H2,1-3H3/b10-7-,11-8-,19-16-,20-17-,26-24-,28-25-,37-34-. The number of allylic oxidation sites excluding steroid dienone is 14. The molecular formula is C51H86O5. The third-order valence-corrected chi connectivity index (χ3v) is 9.43. The maximum atomic E-state index is 12.7. The lowest BCUT2D eigenvalue weighted by molar-refractivity contribution is -0.163. The summed E-state index contributed by atoms with van der Waals surface area (Å²) in [7, 11) is 0. The zero-order chi connectivity index (χ0) is 40.7. The summed E-state index contributed by atoms with van der Waals surface area (Å²) >= 11 is 0. The van der Waals surface area contributed by atoms with E-state index in [1.54, 1.807) is 0 Å². The fourth-order valence-corrected chi connectivity index (χ4v) is 6.06. The molecule has 0 aliphatic carbocycles. The summed E-state index contributed by atoms with van der Waals surface area (Å²) in [5.41, 5.74) is 0. The lowest BCUT2D eigenvalue weighted by Crippen LogP contribution is -2.30. The quantitative estimate of drug-likeness (QED) is 0.0351. The molecule has 0 spiro atoms. The highest BCUT2D eigenvalue weighted by atomic mass is 16.6. The number of hydrogen-bond acceptors (Lipinski definition) is 5. The lowest BCUT2D eigenvalue weighted by atomic mass is 10.1. The van der Waals surface area contributed by atoms with Crippen LogP contribution in [0.5, 0.6) is 0 Å². The van der Waals surface area contributed by atoms with E-state index in [4.69, 9.17) is 14.2 Å². The first-order chi connectivity index (χ1) is 27.6. The van der Waals surface area contributed by atoms with Crippen molar-refractivity contribution in [3.63, 3.8) is 0 Å². The minimum absolute atomic E-state index is 0.0522. The van der Waals surface area contributed by atoms with Crippen molar-refractivity contribution in [1.82, 2.24) is 0 Å². The predicted octanol–water partition coefficient (Wildman–Crippen LogP) is 15.3. The number of esters is 2. The SMILES string of the molecule is CC/C=C\C/C=C\C/C=C\C/C=C\CCCOCC(COC(=O)CCCCCCC/C=C\C/C=C\C/C=C\CC)OC(=O)CCCCCCCCCCCCC. The monoisotopic (exact) mass is 779 g/mol. The van der Waals surface area contributed by atoms with Gasteiger partial charge in [-0.2, -0.15) is 0 Å². The molecule has 320 valence electrons. The average molecular weight is 779 g/mol. The Hall–Kier alpha value is -2.92. The number of carbonyl (C=O) groups is 2. The topological polar surface area (TPSA) is 61.8 Å². The Morgan fingerprint density at radius 3 is 1.29 bits per heavy atom. The van der Waals surface area contributed by atoms with Crippen molar-refractivity contribution < 1.29 is 23.8 Å². The summed E-state index contributed by atoms with van der Waals surface area (Å²) in [6.07, 6.45) is 60.2. The molecule has 0 saturated heterocycles. The lowest BCUT2D eigenvalue weighted by Gasteiger charge is -2.18. The number of unbranched alkanes of at least 4 members (excludes halogenated alkanes) is 16. The van der Waals surface area contributed by atoms with Crippen molar-refractivity contribution >= 4 is 11.9 Å². The third-order valence-electron chi connectivity index (χ3n) is 9.43. The molecule has 1 atom stereocenters. The Balaban J connectivity index is 4.37. The van der Waals surface area contributed by atoms with E-state index < -0.39 is 6.10 Å². The Morgan fingerprint density at radius 1 is 0.411 bits per heavy atom. The van der Waals surface area contributed by atoms with Gasteiger partial charge in [0.2, 0.25) is 0 Å². The summed E-state index contributed by atoms with van der Waals surface area (Å²) in [4.78, 5) is 25.2. The molecule has 0 aromatic rings. The highest BCUT2D eigenvalue weighted by Crippen LogP contribution is 2.13. The van der Waals surface area contributed by atoms with Gasteiger partial charge in [0.25, 0.3) is 0 Å². The van der Waals surface area contributed by atoms with Crippen LogP contribution in [0.3, 0.4) is 0 Å². The normalized spacial score (nSPS) is 13.0. The van der Waals surface area contributed by atoms with Crippen LogP contribution in [0.2, 0.25) is 0 Å². The van der Waals surface area contributed by atoms with Crippen LogP contribution in [0.4, 0.5) is 0 Å². The highest BCUT2D eigenvalue weighted by molar-refractivity contribution is 5.70. The molecule has 0 aliphatic rings. The van der Waals surface area contributed by atoms with Crippen LogP contribution in [0.1, 0.15) is 201 Å². The Bertz CT molecular complexity index is 1060. The van der Waals surface area contributed by atoms with Gasteiger partial charge in [-0.3, -0.25) is 9.59 Å². The Morgan fingerprint density at radius 2 is 0.804 bits per heavy atom. The zero-order valence-electron chi connectivity index (χ0n) is 36.6. The number of ether oxygens (including phenoxy) is 3. The number of rotatable bonds is 41. The van der Waals surface area contributed by atoms with E-state index in [0.717, 1.165) is 103 Å². The minimum Gasteiger partial charge on any atom is -0.462 e. The second-order valence-electron chi connectivity index (χ2n) is 14.9. The van der Waals surface area contributed by atoms with Gasteiger partial charge in [-0.1, -0.05) is 189 Å². The van der Waals surface area contributed by atoms with Gasteiger partial charge in [0.05, 0.1) is 6.61 Å². The van der Waals surface area contributed by atoms with Gasteiger partial charge < -0.3 is 14.2 Å². The smallest absolute Gasteiger partial charge is 0.306 e. The second kappa shape index (κ2) is 46.5. The molecule has 0 aromatic heterocycles. The van der Waals surface area contributed by atoms with Crippen molar-refractivity contribution in [2.75, 3.05) is 19.8 Å². The van der Waals surface area contributed by atoms with Crippen LogP contribution >= 0.6 is 0 Å². The Labute approximate surface area is 346 Å². The van der Waals surface area contributed by atoms with Gasteiger partial charge in [0, 0.05) is 19.4 Å². The summed E-state index contributed by atoms with van der Waals surface area (Å²) in [5.74, 6) is -0.451. The molecule has 0 bridgehead atoms. The van der Waals surface area contributed by atoms with Crippen molar-refractivity contribution in [1.29, 1.82) is 0 Å². The van der Waals surface area contributed by atoms with E-state index in [2.05, 4.69) is 106 Å². The van der Waals surface area contributed by atoms with Crippen molar-refractivity contribution in [3.05, 3.63) is 85.1 Å². The molecule has 0 N–H and O–H groups in total. The van der Waals surface area contributed by atoms with Gasteiger partial charge in [-0.25, -0.2) is 0 Å². The average Bonchev–Trinajstić information content (AvgIpc) is 3.20. The minimum atomic E-state index is -0.571. The van der Waals surface area contributed by atoms with E-state index in [1.807, 2.05) is 0 Å². The largest absolute Gasteiger partial charge is 0.462 e.